The van der Waals surface area contributed by atoms with Crippen molar-refractivity contribution in [3.8, 4) is 75.6 Å². The van der Waals surface area contributed by atoms with Crippen molar-refractivity contribution >= 4 is 0 Å². The van der Waals surface area contributed by atoms with Gasteiger partial charge in [-0.3, -0.25) is 0 Å². The van der Waals surface area contributed by atoms with Crippen LogP contribution in [0.5, 0.6) is 52.5 Å². The number of rotatable bonds is 17. The number of hydrogen-bond acceptors (Lipinski definition) is 28. The first kappa shape index (κ1) is 33.0. The highest BCUT2D eigenvalue weighted by Gasteiger charge is 2.30. The Morgan fingerprint density at radius 3 is 1.17 bits per heavy atom. The standard InChI is InChI=1S/C24H21N19O9/c1-44-18-12(51-23-36-37-23)8(28-40-32-18)6-49-14-10(30-42-34-20(14)46-3)16-25-17(27-22(26-16)48-5)11-15(21(47-4)35-43-31-11)50-7-9-13(52-24-38-39-24)19(45-2)33-41-29-9/h23-24H,6-7H2,1-5H3. The normalized spacial score (nSPS) is 12.9. The van der Waals surface area contributed by atoms with Crippen LogP contribution in [0.25, 0.3) is 23.0 Å². The molecule has 7 rings (SSSR count). The lowest BCUT2D eigenvalue weighted by atomic mass is 10.3. The van der Waals surface area contributed by atoms with E-state index in [0.29, 0.717) is 0 Å². The summed E-state index contributed by atoms with van der Waals surface area (Å²) in [6, 6.07) is -0.179. The molecule has 0 saturated heterocycles. The molecule has 5 aromatic heterocycles. The molecule has 0 unspecified atom stereocenters. The lowest BCUT2D eigenvalue weighted by Crippen LogP contribution is -2.12. The molecule has 266 valence electrons. The molecule has 0 fully saturated rings. The minimum atomic E-state index is -0.752. The Bertz CT molecular complexity index is 2000. The molecule has 0 saturated carbocycles. The predicted octanol–water partition coefficient (Wildman–Crippen LogP) is -0.597. The summed E-state index contributed by atoms with van der Waals surface area (Å²) < 4.78 is 50.1. The monoisotopic (exact) mass is 719 g/mol. The first-order chi connectivity index (χ1) is 25.5. The number of hydrogen-bond donors (Lipinski definition) is 0. The molecular weight excluding hydrogens is 698 g/mol. The fourth-order valence-electron chi connectivity index (χ4n) is 4.07. The molecule has 0 bridgehead atoms. The lowest BCUT2D eigenvalue weighted by Gasteiger charge is -2.15. The van der Waals surface area contributed by atoms with Crippen LogP contribution in [-0.4, -0.2) is 125 Å². The van der Waals surface area contributed by atoms with Gasteiger partial charge in [0.1, 0.15) is 24.6 Å². The van der Waals surface area contributed by atoms with E-state index in [2.05, 4.69) is 97.1 Å². The summed E-state index contributed by atoms with van der Waals surface area (Å²) >= 11 is 0. The van der Waals surface area contributed by atoms with E-state index in [1.807, 2.05) is 0 Å². The molecule has 0 radical (unpaired) electrons. The second kappa shape index (κ2) is 14.5. The van der Waals surface area contributed by atoms with Crippen molar-refractivity contribution in [2.24, 2.45) is 20.5 Å². The minimum absolute atomic E-state index is 0.0237. The van der Waals surface area contributed by atoms with Gasteiger partial charge in [0.2, 0.25) is 23.0 Å². The molecule has 7 heterocycles. The summed E-state index contributed by atoms with van der Waals surface area (Å²) in [7, 11) is 6.78. The zero-order chi connectivity index (χ0) is 36.0. The first-order valence-corrected chi connectivity index (χ1v) is 14.3. The number of ether oxygens (including phenoxy) is 9. The molecule has 28 nitrogen and oxygen atoms in total. The zero-order valence-electron chi connectivity index (χ0n) is 27.2. The van der Waals surface area contributed by atoms with Gasteiger partial charge in [-0.1, -0.05) is 20.4 Å². The van der Waals surface area contributed by atoms with Gasteiger partial charge in [-0.2, -0.15) is 9.97 Å². The van der Waals surface area contributed by atoms with E-state index in [9.17, 15) is 0 Å². The molecule has 0 atom stereocenters. The van der Waals surface area contributed by atoms with Gasteiger partial charge >= 0.3 is 18.7 Å². The number of nitrogens with zero attached hydrogens (tertiary/aromatic N) is 19. The Balaban J connectivity index is 1.24. The zero-order valence-corrected chi connectivity index (χ0v) is 27.2. The van der Waals surface area contributed by atoms with E-state index in [1.54, 1.807) is 0 Å². The average Bonchev–Trinajstić information content (AvgIpc) is 4.14. The SMILES string of the molecule is COc1nc(-c2nnnc(OC)c2OCc2nnnc(OC)c2OC2N=N2)nc(-c2nnnc(OC)c2OCc2nnnc(OC)c2OC2N=N2)n1. The van der Waals surface area contributed by atoms with Gasteiger partial charge in [0.25, 0.3) is 23.5 Å². The summed E-state index contributed by atoms with van der Waals surface area (Å²) in [5, 5.41) is 61.5. The molecule has 2 aliphatic rings. The second-order valence-corrected chi connectivity index (χ2v) is 9.50. The third kappa shape index (κ3) is 6.95. The van der Waals surface area contributed by atoms with Crippen LogP contribution in [0.15, 0.2) is 20.5 Å². The molecular formula is C24H21N19O9. The smallest absolute Gasteiger partial charge is 0.323 e. The van der Waals surface area contributed by atoms with E-state index in [4.69, 9.17) is 42.6 Å². The van der Waals surface area contributed by atoms with Gasteiger partial charge in [-0.25, -0.2) is 4.98 Å². The van der Waals surface area contributed by atoms with Crippen LogP contribution >= 0.6 is 0 Å². The topological polar surface area (TPSA) is 326 Å². The van der Waals surface area contributed by atoms with Crippen LogP contribution < -0.4 is 42.6 Å². The predicted molar refractivity (Wildman–Crippen MR) is 157 cm³/mol. The third-order valence-corrected chi connectivity index (χ3v) is 6.46. The fourth-order valence-corrected chi connectivity index (χ4v) is 4.07. The van der Waals surface area contributed by atoms with Crippen molar-refractivity contribution in [2.75, 3.05) is 35.5 Å². The lowest BCUT2D eigenvalue weighted by molar-refractivity contribution is 0.232. The van der Waals surface area contributed by atoms with Crippen LogP contribution in [-0.2, 0) is 13.2 Å². The van der Waals surface area contributed by atoms with Crippen LogP contribution in [0, 0.1) is 0 Å². The van der Waals surface area contributed by atoms with Crippen molar-refractivity contribution < 1.29 is 42.6 Å². The highest BCUT2D eigenvalue weighted by atomic mass is 16.6. The van der Waals surface area contributed by atoms with Crippen LogP contribution in [0.1, 0.15) is 11.4 Å². The molecule has 0 spiro atoms. The summed E-state index contributed by atoms with van der Waals surface area (Å²) in [6.45, 7) is -0.579. The molecule has 0 aromatic carbocycles. The fraction of sp³-hybridized carbons (Fsp3) is 0.375. The van der Waals surface area contributed by atoms with Gasteiger partial charge in [-0.15, -0.1) is 40.9 Å². The number of aromatic nitrogens is 15. The quantitative estimate of drug-likeness (QED) is 0.116. The number of methoxy groups -OCH3 is 5. The molecule has 28 heteroatoms. The highest BCUT2D eigenvalue weighted by Crippen LogP contribution is 2.39. The maximum absolute atomic E-state index is 6.08. The summed E-state index contributed by atoms with van der Waals surface area (Å²) in [4.78, 5) is 13.2. The first-order valence-electron chi connectivity index (χ1n) is 14.3. The highest BCUT2D eigenvalue weighted by molar-refractivity contribution is 5.67. The largest absolute Gasteiger partial charge is 0.479 e. The van der Waals surface area contributed by atoms with Gasteiger partial charge in [-0.05, 0) is 20.9 Å². The Labute approximate surface area is 288 Å². The maximum atomic E-state index is 6.08. The Hall–Kier alpha value is -7.55. The van der Waals surface area contributed by atoms with Gasteiger partial charge < -0.3 is 42.6 Å². The Morgan fingerprint density at radius 1 is 0.423 bits per heavy atom. The van der Waals surface area contributed by atoms with Crippen molar-refractivity contribution in [1.82, 2.24) is 76.6 Å². The van der Waals surface area contributed by atoms with E-state index < -0.39 is 12.7 Å². The van der Waals surface area contributed by atoms with Gasteiger partial charge in [0.15, 0.2) is 23.0 Å². The Morgan fingerprint density at radius 2 is 0.808 bits per heavy atom. The van der Waals surface area contributed by atoms with Crippen molar-refractivity contribution in [3.05, 3.63) is 11.4 Å². The van der Waals surface area contributed by atoms with Gasteiger partial charge in [0.05, 0.1) is 35.5 Å². The second-order valence-electron chi connectivity index (χ2n) is 9.50. The average molecular weight is 720 g/mol. The van der Waals surface area contributed by atoms with E-state index in [1.165, 1.54) is 35.5 Å². The van der Waals surface area contributed by atoms with E-state index in [0.717, 1.165) is 0 Å². The van der Waals surface area contributed by atoms with E-state index >= 15 is 0 Å². The van der Waals surface area contributed by atoms with Crippen LogP contribution in [0.3, 0.4) is 0 Å². The van der Waals surface area contributed by atoms with E-state index in [-0.39, 0.29) is 100 Å². The molecule has 5 aromatic rings. The van der Waals surface area contributed by atoms with Crippen LogP contribution in [0.4, 0.5) is 0 Å². The summed E-state index contributed by atoms with van der Waals surface area (Å²) in [5.74, 6) is -0.343. The summed E-state index contributed by atoms with van der Waals surface area (Å²) in [5.41, 5.74) is 0.195. The third-order valence-electron chi connectivity index (χ3n) is 6.46. The summed E-state index contributed by atoms with van der Waals surface area (Å²) in [6.07, 6.45) is -1.50. The van der Waals surface area contributed by atoms with Crippen LogP contribution in [0.2, 0.25) is 0 Å². The maximum Gasteiger partial charge on any atom is 0.323 e. The molecule has 0 amide bonds. The molecule has 52 heavy (non-hydrogen) atoms. The molecule has 0 aliphatic carbocycles. The molecule has 2 aliphatic heterocycles. The van der Waals surface area contributed by atoms with Crippen molar-refractivity contribution in [3.63, 3.8) is 0 Å². The van der Waals surface area contributed by atoms with Gasteiger partial charge in [0, 0.05) is 0 Å². The Kier molecular flexibility index (Phi) is 9.20. The van der Waals surface area contributed by atoms with Crippen molar-refractivity contribution in [2.45, 2.75) is 25.9 Å². The van der Waals surface area contributed by atoms with Crippen molar-refractivity contribution in [1.29, 1.82) is 0 Å². The minimum Gasteiger partial charge on any atom is -0.479 e. The molecule has 0 N–H and O–H groups in total.